The van der Waals surface area contributed by atoms with Crippen LogP contribution in [-0.4, -0.2) is 18.0 Å². The van der Waals surface area contributed by atoms with E-state index >= 15 is 0 Å². The zero-order valence-corrected chi connectivity index (χ0v) is 8.01. The van der Waals surface area contributed by atoms with Crippen molar-refractivity contribution in [3.63, 3.8) is 0 Å². The van der Waals surface area contributed by atoms with E-state index in [1.165, 1.54) is 19.3 Å². The summed E-state index contributed by atoms with van der Waals surface area (Å²) >= 11 is 0. The molecule has 1 spiro atoms. The van der Waals surface area contributed by atoms with Crippen LogP contribution in [0.5, 0.6) is 0 Å². The molecule has 1 atom stereocenters. The highest BCUT2D eigenvalue weighted by atomic mass is 16.1. The zero-order chi connectivity index (χ0) is 9.31. The Morgan fingerprint density at radius 1 is 1.31 bits per heavy atom. The molecule has 1 aliphatic heterocycles. The molecule has 0 radical (unpaired) electrons. The molecule has 3 heteroatoms. The van der Waals surface area contributed by atoms with Crippen molar-refractivity contribution in [3.05, 3.63) is 0 Å². The Hall–Kier alpha value is -0.570. The van der Waals surface area contributed by atoms with Crippen LogP contribution in [0.2, 0.25) is 0 Å². The molecule has 0 aromatic rings. The highest BCUT2D eigenvalue weighted by molar-refractivity contribution is 5.78. The number of carbonyl (C=O) groups is 1. The van der Waals surface area contributed by atoms with Gasteiger partial charge in [-0.25, -0.2) is 0 Å². The van der Waals surface area contributed by atoms with Gasteiger partial charge in [0.1, 0.15) is 0 Å². The molecule has 0 bridgehead atoms. The first-order valence-electron chi connectivity index (χ1n) is 5.29. The Morgan fingerprint density at radius 2 is 2.00 bits per heavy atom. The van der Waals surface area contributed by atoms with Crippen LogP contribution in [0.3, 0.4) is 0 Å². The molecule has 2 rings (SSSR count). The number of carbonyl (C=O) groups excluding carboxylic acids is 1. The Balaban J connectivity index is 2.13. The van der Waals surface area contributed by atoms with E-state index in [0.29, 0.717) is 0 Å². The number of hydrogen-bond donors (Lipinski definition) is 2. The van der Waals surface area contributed by atoms with Gasteiger partial charge in [0.05, 0.1) is 5.92 Å². The lowest BCUT2D eigenvalue weighted by Crippen LogP contribution is -2.50. The Labute approximate surface area is 79.1 Å². The molecule has 0 aromatic carbocycles. The van der Waals surface area contributed by atoms with Gasteiger partial charge in [0.25, 0.3) is 0 Å². The van der Waals surface area contributed by atoms with Crippen molar-refractivity contribution in [2.24, 2.45) is 11.7 Å². The highest BCUT2D eigenvalue weighted by Gasteiger charge is 2.45. The van der Waals surface area contributed by atoms with Crippen molar-refractivity contribution in [1.29, 1.82) is 0 Å². The standard InChI is InChI=1S/C10H18N2O/c11-9(13)8-4-7-12-10(8)5-2-1-3-6-10/h8,12H,1-7H2,(H2,11,13). The lowest BCUT2D eigenvalue weighted by Gasteiger charge is -2.37. The maximum absolute atomic E-state index is 11.3. The molecular formula is C10H18N2O. The quantitative estimate of drug-likeness (QED) is 0.629. The first-order valence-corrected chi connectivity index (χ1v) is 5.29. The van der Waals surface area contributed by atoms with E-state index in [2.05, 4.69) is 5.32 Å². The van der Waals surface area contributed by atoms with Gasteiger partial charge in [0.15, 0.2) is 0 Å². The molecule has 1 saturated carbocycles. The smallest absolute Gasteiger partial charge is 0.222 e. The molecule has 13 heavy (non-hydrogen) atoms. The Bertz CT molecular complexity index is 209. The molecule has 2 fully saturated rings. The van der Waals surface area contributed by atoms with E-state index in [-0.39, 0.29) is 17.4 Å². The molecule has 1 unspecified atom stereocenters. The third kappa shape index (κ3) is 1.46. The van der Waals surface area contributed by atoms with Gasteiger partial charge >= 0.3 is 0 Å². The molecule has 1 aliphatic carbocycles. The van der Waals surface area contributed by atoms with Gasteiger partial charge in [0.2, 0.25) is 5.91 Å². The molecule has 2 aliphatic rings. The van der Waals surface area contributed by atoms with Crippen LogP contribution in [0.1, 0.15) is 38.5 Å². The van der Waals surface area contributed by atoms with Crippen molar-refractivity contribution in [2.75, 3.05) is 6.54 Å². The summed E-state index contributed by atoms with van der Waals surface area (Å²) in [7, 11) is 0. The Kier molecular flexibility index (Phi) is 2.28. The molecule has 74 valence electrons. The van der Waals surface area contributed by atoms with Gasteiger partial charge in [-0.2, -0.15) is 0 Å². The maximum Gasteiger partial charge on any atom is 0.222 e. The molecule has 3 nitrogen and oxygen atoms in total. The van der Waals surface area contributed by atoms with Crippen LogP contribution in [0.15, 0.2) is 0 Å². The molecule has 1 heterocycles. The topological polar surface area (TPSA) is 55.1 Å². The average molecular weight is 182 g/mol. The van der Waals surface area contributed by atoms with Gasteiger partial charge in [0, 0.05) is 5.54 Å². The van der Waals surface area contributed by atoms with Crippen molar-refractivity contribution in [2.45, 2.75) is 44.1 Å². The monoisotopic (exact) mass is 182 g/mol. The summed E-state index contributed by atoms with van der Waals surface area (Å²) in [6, 6.07) is 0. The average Bonchev–Trinajstić information content (AvgIpc) is 2.50. The fourth-order valence-corrected chi connectivity index (χ4v) is 2.99. The predicted molar refractivity (Wildman–Crippen MR) is 51.1 cm³/mol. The second-order valence-electron chi connectivity index (χ2n) is 4.39. The van der Waals surface area contributed by atoms with Crippen LogP contribution in [-0.2, 0) is 4.79 Å². The summed E-state index contributed by atoms with van der Waals surface area (Å²) in [6.07, 6.45) is 7.03. The maximum atomic E-state index is 11.3. The van der Waals surface area contributed by atoms with Gasteiger partial charge in [-0.05, 0) is 25.8 Å². The minimum atomic E-state index is -0.105. The molecule has 1 saturated heterocycles. The summed E-state index contributed by atoms with van der Waals surface area (Å²) in [5.74, 6) is -0.0142. The van der Waals surface area contributed by atoms with E-state index < -0.39 is 0 Å². The van der Waals surface area contributed by atoms with Crippen LogP contribution >= 0.6 is 0 Å². The van der Waals surface area contributed by atoms with Crippen LogP contribution in [0.25, 0.3) is 0 Å². The lowest BCUT2D eigenvalue weighted by atomic mass is 9.74. The molecular weight excluding hydrogens is 164 g/mol. The summed E-state index contributed by atoms with van der Waals surface area (Å²) in [5, 5.41) is 3.50. The number of rotatable bonds is 1. The predicted octanol–water partition coefficient (Wildman–Crippen LogP) is 0.784. The fraction of sp³-hybridized carbons (Fsp3) is 0.900. The van der Waals surface area contributed by atoms with E-state index in [1.807, 2.05) is 0 Å². The number of primary amides is 1. The zero-order valence-electron chi connectivity index (χ0n) is 8.01. The minimum absolute atomic E-state index is 0.0874. The van der Waals surface area contributed by atoms with E-state index in [0.717, 1.165) is 25.8 Å². The fourth-order valence-electron chi connectivity index (χ4n) is 2.99. The SMILES string of the molecule is NC(=O)C1CCNC12CCCCC2. The second kappa shape index (κ2) is 3.29. The van der Waals surface area contributed by atoms with Crippen molar-refractivity contribution in [3.8, 4) is 0 Å². The number of amides is 1. The number of nitrogens with two attached hydrogens (primary N) is 1. The van der Waals surface area contributed by atoms with E-state index in [1.54, 1.807) is 0 Å². The van der Waals surface area contributed by atoms with Crippen LogP contribution in [0.4, 0.5) is 0 Å². The van der Waals surface area contributed by atoms with E-state index in [9.17, 15) is 4.79 Å². The highest BCUT2D eigenvalue weighted by Crippen LogP contribution is 2.39. The summed E-state index contributed by atoms with van der Waals surface area (Å²) in [5.41, 5.74) is 5.51. The first-order chi connectivity index (χ1) is 6.25. The molecule has 0 aromatic heterocycles. The second-order valence-corrected chi connectivity index (χ2v) is 4.39. The number of nitrogens with one attached hydrogen (secondary N) is 1. The van der Waals surface area contributed by atoms with Crippen molar-refractivity contribution >= 4 is 5.91 Å². The van der Waals surface area contributed by atoms with Crippen LogP contribution in [0, 0.1) is 5.92 Å². The molecule has 1 amide bonds. The normalized spacial score (nSPS) is 32.2. The third-order valence-corrected chi connectivity index (χ3v) is 3.67. The lowest BCUT2D eigenvalue weighted by molar-refractivity contribution is -0.123. The molecule has 3 N–H and O–H groups in total. The van der Waals surface area contributed by atoms with Gasteiger partial charge in [-0.15, -0.1) is 0 Å². The summed E-state index contributed by atoms with van der Waals surface area (Å²) in [6.45, 7) is 0.966. The minimum Gasteiger partial charge on any atom is -0.369 e. The largest absolute Gasteiger partial charge is 0.369 e. The first kappa shape index (κ1) is 9.00. The summed E-state index contributed by atoms with van der Waals surface area (Å²) in [4.78, 5) is 11.3. The van der Waals surface area contributed by atoms with Gasteiger partial charge < -0.3 is 11.1 Å². The van der Waals surface area contributed by atoms with Crippen molar-refractivity contribution in [1.82, 2.24) is 5.32 Å². The van der Waals surface area contributed by atoms with Gasteiger partial charge in [-0.1, -0.05) is 19.3 Å². The van der Waals surface area contributed by atoms with Crippen molar-refractivity contribution < 1.29 is 4.79 Å². The number of hydrogen-bond acceptors (Lipinski definition) is 2. The van der Waals surface area contributed by atoms with E-state index in [4.69, 9.17) is 5.73 Å². The summed E-state index contributed by atoms with van der Waals surface area (Å²) < 4.78 is 0. The Morgan fingerprint density at radius 3 is 2.62 bits per heavy atom. The van der Waals surface area contributed by atoms with Gasteiger partial charge in [-0.3, -0.25) is 4.79 Å². The van der Waals surface area contributed by atoms with Crippen LogP contribution < -0.4 is 11.1 Å². The third-order valence-electron chi connectivity index (χ3n) is 3.67.